The molecule has 4 nitrogen and oxygen atoms in total. The predicted molar refractivity (Wildman–Crippen MR) is 76.3 cm³/mol. The summed E-state index contributed by atoms with van der Waals surface area (Å²) >= 11 is 1.90. The van der Waals surface area contributed by atoms with Crippen LogP contribution in [0.1, 0.15) is 17.3 Å². The quantitative estimate of drug-likeness (QED) is 0.938. The molecule has 0 radical (unpaired) electrons. The molecule has 1 unspecified atom stereocenters. The first-order valence-corrected chi connectivity index (χ1v) is 7.92. The number of nitrogens with zero attached hydrogens (tertiary/aromatic N) is 2. The van der Waals surface area contributed by atoms with E-state index in [9.17, 15) is 8.78 Å². The molecule has 0 aliphatic carbocycles. The number of nitrogens with one attached hydrogen (secondary N) is 1. The van der Waals surface area contributed by atoms with Gasteiger partial charge in [0.1, 0.15) is 11.6 Å². The van der Waals surface area contributed by atoms with Gasteiger partial charge in [-0.25, -0.2) is 8.78 Å². The minimum absolute atomic E-state index is 0.197. The Hall–Kier alpha value is -1.47. The highest BCUT2D eigenvalue weighted by Gasteiger charge is 2.17. The van der Waals surface area contributed by atoms with Crippen LogP contribution in [0.3, 0.4) is 0 Å². The van der Waals surface area contributed by atoms with Crippen molar-refractivity contribution in [2.75, 3.05) is 18.1 Å². The molecule has 2 heterocycles. The van der Waals surface area contributed by atoms with Crippen LogP contribution in [0.4, 0.5) is 8.78 Å². The molecule has 1 aliphatic rings. The lowest BCUT2D eigenvalue weighted by molar-refractivity contribution is 0.359. The molecule has 1 N–H and O–H groups in total. The smallest absolute Gasteiger partial charge is 0.228 e. The molecule has 1 aromatic heterocycles. The van der Waals surface area contributed by atoms with Crippen molar-refractivity contribution in [2.45, 2.75) is 18.9 Å². The summed E-state index contributed by atoms with van der Waals surface area (Å²) in [7, 11) is 0. The van der Waals surface area contributed by atoms with Gasteiger partial charge in [0.25, 0.3) is 0 Å². The number of benzene rings is 1. The zero-order valence-corrected chi connectivity index (χ0v) is 12.1. The molecular formula is C14H15F2N3OS. The Morgan fingerprint density at radius 1 is 1.38 bits per heavy atom. The van der Waals surface area contributed by atoms with Gasteiger partial charge in [-0.3, -0.25) is 0 Å². The Bertz CT molecular complexity index is 614. The zero-order valence-electron chi connectivity index (χ0n) is 11.3. The van der Waals surface area contributed by atoms with Crippen molar-refractivity contribution in [3.05, 3.63) is 47.1 Å². The first-order valence-electron chi connectivity index (χ1n) is 6.77. The van der Waals surface area contributed by atoms with E-state index in [-0.39, 0.29) is 6.42 Å². The molecule has 0 bridgehead atoms. The van der Waals surface area contributed by atoms with Crippen LogP contribution in [0.15, 0.2) is 22.7 Å². The van der Waals surface area contributed by atoms with E-state index < -0.39 is 11.6 Å². The zero-order chi connectivity index (χ0) is 14.7. The van der Waals surface area contributed by atoms with Crippen LogP contribution >= 0.6 is 11.8 Å². The highest BCUT2D eigenvalue weighted by atomic mass is 32.2. The molecule has 112 valence electrons. The van der Waals surface area contributed by atoms with Crippen molar-refractivity contribution >= 4 is 11.8 Å². The maximum atomic E-state index is 13.6. The van der Waals surface area contributed by atoms with Gasteiger partial charge in [-0.05, 0) is 11.6 Å². The highest BCUT2D eigenvalue weighted by molar-refractivity contribution is 7.99. The van der Waals surface area contributed by atoms with Gasteiger partial charge < -0.3 is 9.84 Å². The molecule has 1 fully saturated rings. The van der Waals surface area contributed by atoms with Crippen molar-refractivity contribution in [1.29, 1.82) is 0 Å². The highest BCUT2D eigenvalue weighted by Crippen LogP contribution is 2.15. The molecular weight excluding hydrogens is 296 g/mol. The number of hydrogen-bond acceptors (Lipinski definition) is 5. The topological polar surface area (TPSA) is 51.0 Å². The van der Waals surface area contributed by atoms with Crippen molar-refractivity contribution in [3.8, 4) is 0 Å². The van der Waals surface area contributed by atoms with Crippen LogP contribution in [0.2, 0.25) is 0 Å². The Balaban J connectivity index is 1.64. The third kappa shape index (κ3) is 3.79. The summed E-state index contributed by atoms with van der Waals surface area (Å²) in [6, 6.07) is 3.82. The minimum atomic E-state index is -0.592. The lowest BCUT2D eigenvalue weighted by atomic mass is 10.1. The van der Waals surface area contributed by atoms with Crippen LogP contribution in [-0.2, 0) is 12.8 Å². The van der Waals surface area contributed by atoms with Gasteiger partial charge in [0.15, 0.2) is 5.82 Å². The van der Waals surface area contributed by atoms with E-state index in [0.717, 1.165) is 24.1 Å². The fourth-order valence-corrected chi connectivity index (χ4v) is 3.19. The van der Waals surface area contributed by atoms with Crippen LogP contribution in [0.25, 0.3) is 0 Å². The molecule has 0 spiro atoms. The predicted octanol–water partition coefficient (Wildman–Crippen LogP) is 2.19. The average Bonchev–Trinajstić information content (AvgIpc) is 2.90. The fraction of sp³-hybridized carbons (Fsp3) is 0.429. The van der Waals surface area contributed by atoms with E-state index in [0.29, 0.717) is 29.7 Å². The second kappa shape index (κ2) is 6.53. The van der Waals surface area contributed by atoms with Crippen molar-refractivity contribution in [2.24, 2.45) is 0 Å². The molecule has 1 atom stereocenters. The van der Waals surface area contributed by atoms with Gasteiger partial charge in [-0.15, -0.1) is 0 Å². The Kier molecular flexibility index (Phi) is 4.50. The van der Waals surface area contributed by atoms with Gasteiger partial charge in [0, 0.05) is 43.0 Å². The number of aromatic nitrogens is 2. The largest absolute Gasteiger partial charge is 0.339 e. The molecule has 2 aromatic rings. The first kappa shape index (κ1) is 14.5. The molecule has 1 aromatic carbocycles. The molecule has 0 amide bonds. The minimum Gasteiger partial charge on any atom is -0.339 e. The number of thioether (sulfide) groups is 1. The molecule has 3 rings (SSSR count). The molecule has 7 heteroatoms. The molecule has 1 aliphatic heterocycles. The standard InChI is InChI=1S/C14H15F2N3OS/c15-10-2-1-9(12(16)6-10)5-13-18-14(20-19-13)7-11-8-21-4-3-17-11/h1-2,6,11,17H,3-5,7-8H2. The van der Waals surface area contributed by atoms with Crippen LogP contribution in [-0.4, -0.2) is 34.2 Å². The van der Waals surface area contributed by atoms with E-state index >= 15 is 0 Å². The summed E-state index contributed by atoms with van der Waals surface area (Å²) in [5.41, 5.74) is 0.357. The molecule has 21 heavy (non-hydrogen) atoms. The summed E-state index contributed by atoms with van der Waals surface area (Å²) in [5, 5.41) is 7.25. The van der Waals surface area contributed by atoms with E-state index in [1.807, 2.05) is 11.8 Å². The summed E-state index contributed by atoms with van der Waals surface area (Å²) in [5.74, 6) is 1.92. The van der Waals surface area contributed by atoms with E-state index in [2.05, 4.69) is 15.5 Å². The summed E-state index contributed by atoms with van der Waals surface area (Å²) in [6.45, 7) is 0.983. The summed E-state index contributed by atoms with van der Waals surface area (Å²) in [6.07, 6.45) is 0.869. The van der Waals surface area contributed by atoms with E-state index in [1.165, 1.54) is 12.1 Å². The third-order valence-corrected chi connectivity index (χ3v) is 4.42. The van der Waals surface area contributed by atoms with Crippen LogP contribution in [0, 0.1) is 11.6 Å². The summed E-state index contributed by atoms with van der Waals surface area (Å²) < 4.78 is 31.6. The monoisotopic (exact) mass is 311 g/mol. The lowest BCUT2D eigenvalue weighted by Gasteiger charge is -2.21. The summed E-state index contributed by atoms with van der Waals surface area (Å²) in [4.78, 5) is 4.28. The molecule has 1 saturated heterocycles. The lowest BCUT2D eigenvalue weighted by Crippen LogP contribution is -2.38. The average molecular weight is 311 g/mol. The normalized spacial score (nSPS) is 18.9. The Morgan fingerprint density at radius 2 is 2.29 bits per heavy atom. The first-order chi connectivity index (χ1) is 10.2. The number of halogens is 2. The fourth-order valence-electron chi connectivity index (χ4n) is 2.24. The van der Waals surface area contributed by atoms with Gasteiger partial charge in [0.05, 0.1) is 0 Å². The third-order valence-electron chi connectivity index (χ3n) is 3.29. The second-order valence-electron chi connectivity index (χ2n) is 4.95. The van der Waals surface area contributed by atoms with Crippen LogP contribution < -0.4 is 5.32 Å². The van der Waals surface area contributed by atoms with Gasteiger partial charge >= 0.3 is 0 Å². The van der Waals surface area contributed by atoms with Gasteiger partial charge in [-0.1, -0.05) is 11.2 Å². The van der Waals surface area contributed by atoms with Crippen LogP contribution in [0.5, 0.6) is 0 Å². The second-order valence-corrected chi connectivity index (χ2v) is 6.10. The SMILES string of the molecule is Fc1ccc(Cc2noc(CC3CSCCN3)n2)c(F)c1. The number of hydrogen-bond donors (Lipinski definition) is 1. The number of rotatable bonds is 4. The van der Waals surface area contributed by atoms with Gasteiger partial charge in [0.2, 0.25) is 5.89 Å². The maximum absolute atomic E-state index is 13.6. The molecule has 0 saturated carbocycles. The van der Waals surface area contributed by atoms with E-state index in [1.54, 1.807) is 0 Å². The van der Waals surface area contributed by atoms with E-state index in [4.69, 9.17) is 4.52 Å². The van der Waals surface area contributed by atoms with Crippen molar-refractivity contribution in [1.82, 2.24) is 15.5 Å². The van der Waals surface area contributed by atoms with Gasteiger partial charge in [-0.2, -0.15) is 16.7 Å². The van der Waals surface area contributed by atoms with Crippen molar-refractivity contribution < 1.29 is 13.3 Å². The van der Waals surface area contributed by atoms with Crippen molar-refractivity contribution in [3.63, 3.8) is 0 Å². The Morgan fingerprint density at radius 3 is 3.05 bits per heavy atom. The maximum Gasteiger partial charge on any atom is 0.228 e. The Labute approximate surface area is 125 Å².